The van der Waals surface area contributed by atoms with Crippen LogP contribution in [0.4, 0.5) is 0 Å². The monoisotopic (exact) mass is 268 g/mol. The van der Waals surface area contributed by atoms with Crippen LogP contribution in [0, 0.1) is 5.92 Å². The molecule has 0 heterocycles. The summed E-state index contributed by atoms with van der Waals surface area (Å²) in [6, 6.07) is 0. The van der Waals surface area contributed by atoms with Crippen LogP contribution < -0.4 is 0 Å². The third kappa shape index (κ3) is 6.41. The Morgan fingerprint density at radius 1 is 1.16 bits per heavy atom. The first-order valence-electron chi connectivity index (χ1n) is 7.10. The highest BCUT2D eigenvalue weighted by atomic mass is 16.5. The fourth-order valence-corrected chi connectivity index (χ4v) is 2.01. The predicted octanol–water partition coefficient (Wildman–Crippen LogP) is 3.01. The van der Waals surface area contributed by atoms with Crippen molar-refractivity contribution < 1.29 is 19.1 Å². The molecule has 0 amide bonds. The lowest BCUT2D eigenvalue weighted by atomic mass is 9.89. The highest BCUT2D eigenvalue weighted by molar-refractivity contribution is 5.91. The Kier molecular flexibility index (Phi) is 6.60. The predicted molar refractivity (Wildman–Crippen MR) is 72.5 cm³/mol. The molecule has 1 unspecified atom stereocenters. The van der Waals surface area contributed by atoms with E-state index in [1.807, 2.05) is 13.8 Å². The third-order valence-corrected chi connectivity index (χ3v) is 3.49. The topological polar surface area (TPSA) is 52.6 Å². The second-order valence-electron chi connectivity index (χ2n) is 5.31. The van der Waals surface area contributed by atoms with Gasteiger partial charge in [-0.25, -0.2) is 9.59 Å². The summed E-state index contributed by atoms with van der Waals surface area (Å²) in [4.78, 5) is 22.9. The SMILES string of the molecule is CCC(C)OC(=O)/C=C/C(=O)OC1CCC(C)CC1. The Bertz CT molecular complexity index is 327. The van der Waals surface area contributed by atoms with E-state index in [0.29, 0.717) is 0 Å². The zero-order valence-electron chi connectivity index (χ0n) is 12.1. The molecule has 0 aliphatic heterocycles. The quantitative estimate of drug-likeness (QED) is 0.568. The molecule has 1 saturated carbocycles. The maximum Gasteiger partial charge on any atom is 0.331 e. The number of ether oxygens (including phenoxy) is 2. The van der Waals surface area contributed by atoms with Gasteiger partial charge in [0, 0.05) is 12.2 Å². The van der Waals surface area contributed by atoms with E-state index in [0.717, 1.165) is 50.2 Å². The lowest BCUT2D eigenvalue weighted by Gasteiger charge is -2.25. The third-order valence-electron chi connectivity index (χ3n) is 3.49. The number of esters is 2. The van der Waals surface area contributed by atoms with E-state index in [-0.39, 0.29) is 12.2 Å². The molecule has 0 aromatic heterocycles. The van der Waals surface area contributed by atoms with E-state index in [1.54, 1.807) is 0 Å². The summed E-state index contributed by atoms with van der Waals surface area (Å²) in [5.41, 5.74) is 0. The summed E-state index contributed by atoms with van der Waals surface area (Å²) in [6.45, 7) is 5.95. The molecule has 1 aliphatic carbocycles. The van der Waals surface area contributed by atoms with Gasteiger partial charge in [0.15, 0.2) is 0 Å². The maximum atomic E-state index is 11.5. The molecule has 0 bridgehead atoms. The molecular formula is C15H24O4. The Morgan fingerprint density at radius 3 is 2.32 bits per heavy atom. The first-order valence-corrected chi connectivity index (χ1v) is 7.10. The molecule has 1 aliphatic rings. The molecule has 0 radical (unpaired) electrons. The van der Waals surface area contributed by atoms with E-state index < -0.39 is 11.9 Å². The molecule has 0 aromatic carbocycles. The van der Waals surface area contributed by atoms with E-state index in [9.17, 15) is 9.59 Å². The van der Waals surface area contributed by atoms with Crippen molar-refractivity contribution in [1.82, 2.24) is 0 Å². The van der Waals surface area contributed by atoms with E-state index in [2.05, 4.69) is 6.92 Å². The molecule has 0 saturated heterocycles. The number of carbonyl (C=O) groups is 2. The fourth-order valence-electron chi connectivity index (χ4n) is 2.01. The standard InChI is InChI=1S/C15H24O4/c1-4-12(3)18-14(16)9-10-15(17)19-13-7-5-11(2)6-8-13/h9-13H,4-8H2,1-3H3/b10-9+. The van der Waals surface area contributed by atoms with Gasteiger partial charge in [0.1, 0.15) is 6.10 Å². The number of hydrogen-bond donors (Lipinski definition) is 0. The normalized spacial score (nSPS) is 25.0. The Balaban J connectivity index is 2.28. The minimum atomic E-state index is -0.497. The molecule has 19 heavy (non-hydrogen) atoms. The summed E-state index contributed by atoms with van der Waals surface area (Å²) < 4.78 is 10.3. The van der Waals surface area contributed by atoms with Crippen molar-refractivity contribution in [2.24, 2.45) is 5.92 Å². The minimum absolute atomic E-state index is 0.000985. The maximum absolute atomic E-state index is 11.5. The Labute approximate surface area is 115 Å². The van der Waals surface area contributed by atoms with Crippen molar-refractivity contribution in [3.8, 4) is 0 Å². The number of carbonyl (C=O) groups excluding carboxylic acids is 2. The van der Waals surface area contributed by atoms with Crippen LogP contribution in [-0.4, -0.2) is 24.1 Å². The average molecular weight is 268 g/mol. The van der Waals surface area contributed by atoms with Gasteiger partial charge in [-0.2, -0.15) is 0 Å². The number of rotatable bonds is 5. The molecule has 0 N–H and O–H groups in total. The summed E-state index contributed by atoms with van der Waals surface area (Å²) in [5.74, 6) is -0.236. The van der Waals surface area contributed by atoms with Crippen LogP contribution in [-0.2, 0) is 19.1 Å². The first-order chi connectivity index (χ1) is 9.01. The van der Waals surface area contributed by atoms with Crippen molar-refractivity contribution in [1.29, 1.82) is 0 Å². The lowest BCUT2D eigenvalue weighted by Crippen LogP contribution is -2.23. The van der Waals surface area contributed by atoms with Crippen LogP contribution >= 0.6 is 0 Å². The second kappa shape index (κ2) is 7.97. The van der Waals surface area contributed by atoms with E-state index in [1.165, 1.54) is 0 Å². The van der Waals surface area contributed by atoms with Gasteiger partial charge in [-0.05, 0) is 44.9 Å². The molecule has 1 rings (SSSR count). The zero-order chi connectivity index (χ0) is 14.3. The summed E-state index contributed by atoms with van der Waals surface area (Å²) in [6.07, 6.45) is 6.94. The largest absolute Gasteiger partial charge is 0.460 e. The van der Waals surface area contributed by atoms with Crippen molar-refractivity contribution >= 4 is 11.9 Å². The van der Waals surface area contributed by atoms with Crippen molar-refractivity contribution in [3.63, 3.8) is 0 Å². The van der Waals surface area contributed by atoms with Gasteiger partial charge < -0.3 is 9.47 Å². The summed E-state index contributed by atoms with van der Waals surface area (Å²) in [5, 5.41) is 0. The van der Waals surface area contributed by atoms with Gasteiger partial charge in [-0.3, -0.25) is 0 Å². The van der Waals surface area contributed by atoms with E-state index in [4.69, 9.17) is 9.47 Å². The van der Waals surface area contributed by atoms with Crippen LogP contribution in [0.25, 0.3) is 0 Å². The van der Waals surface area contributed by atoms with E-state index >= 15 is 0 Å². The van der Waals surface area contributed by atoms with Crippen LogP contribution in [0.3, 0.4) is 0 Å². The van der Waals surface area contributed by atoms with Crippen molar-refractivity contribution in [2.45, 2.75) is 65.1 Å². The van der Waals surface area contributed by atoms with Crippen molar-refractivity contribution in [3.05, 3.63) is 12.2 Å². The fraction of sp³-hybridized carbons (Fsp3) is 0.733. The molecular weight excluding hydrogens is 244 g/mol. The lowest BCUT2D eigenvalue weighted by molar-refractivity contribution is -0.146. The van der Waals surface area contributed by atoms with Crippen LogP contribution in [0.1, 0.15) is 52.9 Å². The average Bonchev–Trinajstić information content (AvgIpc) is 2.39. The highest BCUT2D eigenvalue weighted by Crippen LogP contribution is 2.25. The Morgan fingerprint density at radius 2 is 1.74 bits per heavy atom. The highest BCUT2D eigenvalue weighted by Gasteiger charge is 2.20. The smallest absolute Gasteiger partial charge is 0.331 e. The number of hydrogen-bond acceptors (Lipinski definition) is 4. The summed E-state index contributed by atoms with van der Waals surface area (Å²) in [7, 11) is 0. The summed E-state index contributed by atoms with van der Waals surface area (Å²) >= 11 is 0. The first kappa shape index (κ1) is 15.7. The zero-order valence-corrected chi connectivity index (χ0v) is 12.1. The van der Waals surface area contributed by atoms with Gasteiger partial charge in [0.25, 0.3) is 0 Å². The molecule has 108 valence electrons. The molecule has 1 atom stereocenters. The molecule has 4 nitrogen and oxygen atoms in total. The van der Waals surface area contributed by atoms with Gasteiger partial charge in [-0.15, -0.1) is 0 Å². The van der Waals surface area contributed by atoms with Crippen molar-refractivity contribution in [2.75, 3.05) is 0 Å². The van der Waals surface area contributed by atoms with Crippen LogP contribution in [0.2, 0.25) is 0 Å². The van der Waals surface area contributed by atoms with Crippen LogP contribution in [0.15, 0.2) is 12.2 Å². The van der Waals surface area contributed by atoms with Gasteiger partial charge in [-0.1, -0.05) is 13.8 Å². The molecule has 0 aromatic rings. The van der Waals surface area contributed by atoms with Gasteiger partial charge in [0.05, 0.1) is 6.10 Å². The molecule has 4 heteroatoms. The molecule has 1 fully saturated rings. The van der Waals surface area contributed by atoms with Crippen LogP contribution in [0.5, 0.6) is 0 Å². The molecule has 0 spiro atoms. The van der Waals surface area contributed by atoms with Gasteiger partial charge in [0.2, 0.25) is 0 Å². The second-order valence-corrected chi connectivity index (χ2v) is 5.31. The Hall–Kier alpha value is -1.32. The van der Waals surface area contributed by atoms with Gasteiger partial charge >= 0.3 is 11.9 Å². The minimum Gasteiger partial charge on any atom is -0.460 e.